The van der Waals surface area contributed by atoms with Crippen molar-refractivity contribution in [3.8, 4) is 0 Å². The molecule has 0 aliphatic heterocycles. The van der Waals surface area contributed by atoms with Crippen LogP contribution in [0.1, 0.15) is 28.4 Å². The van der Waals surface area contributed by atoms with E-state index < -0.39 is 11.5 Å². The SMILES string of the molecule is CCOC(=O)Cn1c(=O)c(C=O)cc2c(C)ccc(C)c21. The fraction of sp³-hybridized carbons (Fsp3) is 0.312. The lowest BCUT2D eigenvalue weighted by molar-refractivity contribution is -0.143. The first kappa shape index (κ1) is 15.0. The Kier molecular flexibility index (Phi) is 4.21. The topological polar surface area (TPSA) is 65.4 Å². The van der Waals surface area contributed by atoms with Gasteiger partial charge in [-0.15, -0.1) is 0 Å². The molecule has 0 unspecified atom stereocenters. The number of nitrogens with zero attached hydrogens (tertiary/aromatic N) is 1. The van der Waals surface area contributed by atoms with E-state index in [9.17, 15) is 14.4 Å². The number of hydrogen-bond acceptors (Lipinski definition) is 4. The third-order valence-electron chi connectivity index (χ3n) is 3.42. The second kappa shape index (κ2) is 5.91. The molecule has 0 aliphatic carbocycles. The molecule has 5 nitrogen and oxygen atoms in total. The molecule has 0 radical (unpaired) electrons. The predicted molar refractivity (Wildman–Crippen MR) is 79.7 cm³/mol. The van der Waals surface area contributed by atoms with Crippen molar-refractivity contribution < 1.29 is 14.3 Å². The van der Waals surface area contributed by atoms with Crippen molar-refractivity contribution in [2.24, 2.45) is 0 Å². The molecule has 2 rings (SSSR count). The highest BCUT2D eigenvalue weighted by atomic mass is 16.5. The normalized spacial score (nSPS) is 10.6. The molecular formula is C16H17NO4. The highest BCUT2D eigenvalue weighted by Gasteiger charge is 2.15. The molecule has 2 aromatic rings. The molecule has 0 bridgehead atoms. The molecule has 0 atom stereocenters. The standard InChI is InChI=1S/C16H17NO4/c1-4-21-14(19)8-17-15-11(3)6-5-10(2)13(15)7-12(9-18)16(17)20/h5-7,9H,4,8H2,1-3H3. The van der Waals surface area contributed by atoms with E-state index in [0.29, 0.717) is 11.8 Å². The van der Waals surface area contributed by atoms with E-state index in [-0.39, 0.29) is 18.7 Å². The number of hydrogen-bond donors (Lipinski definition) is 0. The Morgan fingerprint density at radius 2 is 1.95 bits per heavy atom. The van der Waals surface area contributed by atoms with Crippen LogP contribution < -0.4 is 5.56 Å². The van der Waals surface area contributed by atoms with Gasteiger partial charge in [-0.3, -0.25) is 19.0 Å². The van der Waals surface area contributed by atoms with Crippen LogP contribution >= 0.6 is 0 Å². The van der Waals surface area contributed by atoms with Gasteiger partial charge in [0.1, 0.15) is 6.54 Å². The summed E-state index contributed by atoms with van der Waals surface area (Å²) in [6, 6.07) is 5.39. The van der Waals surface area contributed by atoms with Gasteiger partial charge in [-0.2, -0.15) is 0 Å². The summed E-state index contributed by atoms with van der Waals surface area (Å²) in [5.74, 6) is -0.496. The van der Waals surface area contributed by atoms with E-state index >= 15 is 0 Å². The first-order valence-corrected chi connectivity index (χ1v) is 6.74. The Morgan fingerprint density at radius 1 is 1.29 bits per heavy atom. The average Bonchev–Trinajstić information content (AvgIpc) is 2.45. The number of ether oxygens (including phenoxy) is 1. The van der Waals surface area contributed by atoms with Gasteiger partial charge in [-0.05, 0) is 38.0 Å². The summed E-state index contributed by atoms with van der Waals surface area (Å²) in [6.07, 6.45) is 0.519. The van der Waals surface area contributed by atoms with Gasteiger partial charge >= 0.3 is 5.97 Å². The van der Waals surface area contributed by atoms with Crippen LogP contribution in [0.15, 0.2) is 23.0 Å². The number of aromatic nitrogens is 1. The van der Waals surface area contributed by atoms with Crippen LogP contribution in [0, 0.1) is 13.8 Å². The molecule has 110 valence electrons. The Hall–Kier alpha value is -2.43. The molecule has 1 aromatic heterocycles. The first-order chi connectivity index (χ1) is 9.99. The fourth-order valence-corrected chi connectivity index (χ4v) is 2.40. The summed E-state index contributed by atoms with van der Waals surface area (Å²) in [5.41, 5.74) is 2.05. The Balaban J connectivity index is 2.79. The van der Waals surface area contributed by atoms with Crippen LogP contribution in [0.5, 0.6) is 0 Å². The molecule has 1 aromatic carbocycles. The third-order valence-corrected chi connectivity index (χ3v) is 3.42. The minimum absolute atomic E-state index is 0.0421. The zero-order valence-electron chi connectivity index (χ0n) is 12.3. The second-order valence-corrected chi connectivity index (χ2v) is 4.88. The molecule has 0 aliphatic rings. The number of benzene rings is 1. The molecule has 5 heteroatoms. The van der Waals surface area contributed by atoms with Crippen LogP contribution in [-0.2, 0) is 16.1 Å². The number of carbonyl (C=O) groups is 2. The van der Waals surface area contributed by atoms with Crippen molar-refractivity contribution in [3.63, 3.8) is 0 Å². The van der Waals surface area contributed by atoms with Crippen molar-refractivity contribution in [1.82, 2.24) is 4.57 Å². The van der Waals surface area contributed by atoms with Gasteiger partial charge < -0.3 is 4.74 Å². The molecule has 0 saturated carbocycles. The smallest absolute Gasteiger partial charge is 0.326 e. The summed E-state index contributed by atoms with van der Waals surface area (Å²) in [4.78, 5) is 35.2. The van der Waals surface area contributed by atoms with Crippen LogP contribution in [0.3, 0.4) is 0 Å². The number of carbonyl (C=O) groups excluding carboxylic acids is 2. The molecule has 0 amide bonds. The van der Waals surface area contributed by atoms with E-state index in [2.05, 4.69) is 0 Å². The quantitative estimate of drug-likeness (QED) is 0.637. The zero-order chi connectivity index (χ0) is 15.6. The largest absolute Gasteiger partial charge is 0.465 e. The highest BCUT2D eigenvalue weighted by Crippen LogP contribution is 2.21. The van der Waals surface area contributed by atoms with E-state index in [0.717, 1.165) is 16.5 Å². The maximum absolute atomic E-state index is 12.3. The maximum atomic E-state index is 12.3. The van der Waals surface area contributed by atoms with Gasteiger partial charge in [0.25, 0.3) is 5.56 Å². The van der Waals surface area contributed by atoms with E-state index in [1.807, 2.05) is 26.0 Å². The van der Waals surface area contributed by atoms with E-state index in [1.165, 1.54) is 4.57 Å². The predicted octanol–water partition coefficient (Wildman–Crippen LogP) is 1.99. The van der Waals surface area contributed by atoms with E-state index in [1.54, 1.807) is 13.0 Å². The molecule has 1 heterocycles. The van der Waals surface area contributed by atoms with Gasteiger partial charge in [-0.1, -0.05) is 12.1 Å². The lowest BCUT2D eigenvalue weighted by atomic mass is 10.0. The number of fused-ring (bicyclic) bond motifs is 1. The molecule has 0 saturated heterocycles. The Morgan fingerprint density at radius 3 is 2.57 bits per heavy atom. The molecule has 21 heavy (non-hydrogen) atoms. The van der Waals surface area contributed by atoms with Crippen molar-refractivity contribution in [2.75, 3.05) is 6.61 Å². The number of aryl methyl sites for hydroxylation is 2. The summed E-state index contributed by atoms with van der Waals surface area (Å²) in [6.45, 7) is 5.51. The number of aldehydes is 1. The van der Waals surface area contributed by atoms with E-state index in [4.69, 9.17) is 4.74 Å². The minimum atomic E-state index is -0.496. The molecule has 0 spiro atoms. The summed E-state index contributed by atoms with van der Waals surface area (Å²) >= 11 is 0. The number of pyridine rings is 1. The van der Waals surface area contributed by atoms with Crippen LogP contribution in [-0.4, -0.2) is 23.4 Å². The third kappa shape index (κ3) is 2.72. The minimum Gasteiger partial charge on any atom is -0.465 e. The monoisotopic (exact) mass is 287 g/mol. The highest BCUT2D eigenvalue weighted by molar-refractivity contribution is 5.91. The Labute approximate surface area is 122 Å². The van der Waals surface area contributed by atoms with Crippen LogP contribution in [0.2, 0.25) is 0 Å². The average molecular weight is 287 g/mol. The number of esters is 1. The van der Waals surface area contributed by atoms with Crippen LogP contribution in [0.4, 0.5) is 0 Å². The lowest BCUT2D eigenvalue weighted by Gasteiger charge is -2.14. The maximum Gasteiger partial charge on any atom is 0.326 e. The summed E-state index contributed by atoms with van der Waals surface area (Å²) in [5, 5.41) is 0.793. The lowest BCUT2D eigenvalue weighted by Crippen LogP contribution is -2.28. The van der Waals surface area contributed by atoms with Gasteiger partial charge in [0, 0.05) is 5.39 Å². The first-order valence-electron chi connectivity index (χ1n) is 6.74. The van der Waals surface area contributed by atoms with Crippen molar-refractivity contribution >= 4 is 23.2 Å². The van der Waals surface area contributed by atoms with Gasteiger partial charge in [0.2, 0.25) is 0 Å². The van der Waals surface area contributed by atoms with Gasteiger partial charge in [0.05, 0.1) is 17.7 Å². The van der Waals surface area contributed by atoms with Crippen LogP contribution in [0.25, 0.3) is 10.9 Å². The molecular weight excluding hydrogens is 270 g/mol. The zero-order valence-corrected chi connectivity index (χ0v) is 12.3. The molecule has 0 fully saturated rings. The summed E-state index contributed by atoms with van der Waals surface area (Å²) in [7, 11) is 0. The fourth-order valence-electron chi connectivity index (χ4n) is 2.40. The van der Waals surface area contributed by atoms with Crippen molar-refractivity contribution in [2.45, 2.75) is 27.3 Å². The van der Waals surface area contributed by atoms with Gasteiger partial charge in [0.15, 0.2) is 6.29 Å². The van der Waals surface area contributed by atoms with Crippen molar-refractivity contribution in [1.29, 1.82) is 0 Å². The summed E-state index contributed by atoms with van der Waals surface area (Å²) < 4.78 is 6.23. The van der Waals surface area contributed by atoms with Crippen molar-refractivity contribution in [3.05, 3.63) is 45.2 Å². The second-order valence-electron chi connectivity index (χ2n) is 4.88. The Bertz CT molecular complexity index is 774. The van der Waals surface area contributed by atoms with Gasteiger partial charge in [-0.25, -0.2) is 0 Å². The molecule has 0 N–H and O–H groups in total. The number of rotatable bonds is 4.